The van der Waals surface area contributed by atoms with Crippen molar-refractivity contribution in [3.8, 4) is 0 Å². The molecule has 2 heterocycles. The fraction of sp³-hybridized carbons (Fsp3) is 0.440. The lowest BCUT2D eigenvalue weighted by Crippen LogP contribution is -2.42. The Morgan fingerprint density at radius 1 is 1.00 bits per heavy atom. The van der Waals surface area contributed by atoms with E-state index in [1.807, 2.05) is 11.3 Å². The Kier molecular flexibility index (Phi) is 8.25. The molecule has 0 radical (unpaired) electrons. The Bertz CT molecular complexity index is 854. The molecule has 2 aromatic carbocycles. The van der Waals surface area contributed by atoms with Crippen LogP contribution in [0.3, 0.4) is 0 Å². The summed E-state index contributed by atoms with van der Waals surface area (Å²) in [5, 5.41) is 17.0. The number of β-amino-alcohol motifs (C(OH)–C–C–N with tert-alkyl or cyclic N) is 1. The summed E-state index contributed by atoms with van der Waals surface area (Å²) in [6.07, 6.45) is 3.74. The average molecular weight is 411 g/mol. The van der Waals surface area contributed by atoms with E-state index in [1.54, 1.807) is 0 Å². The predicted octanol–water partition coefficient (Wildman–Crippen LogP) is 5.09. The van der Waals surface area contributed by atoms with Crippen LogP contribution in [0.25, 0.3) is 10.8 Å². The van der Waals surface area contributed by atoms with Crippen LogP contribution in [0.2, 0.25) is 0 Å². The minimum Gasteiger partial charge on any atom is -0.395 e. The highest BCUT2D eigenvalue weighted by Gasteiger charge is 2.17. The number of hydrogen-bond acceptors (Lipinski definition) is 4. The van der Waals surface area contributed by atoms with E-state index in [2.05, 4.69) is 84.0 Å². The normalized spacial score (nSPS) is 14.7. The number of rotatable bonds is 7. The lowest BCUT2D eigenvalue weighted by Gasteiger charge is -2.26. The Hall–Kier alpha value is -1.72. The molecule has 1 aliphatic heterocycles. The number of hydrogen-bond donors (Lipinski definition) is 2. The van der Waals surface area contributed by atoms with Gasteiger partial charge in [-0.05, 0) is 74.0 Å². The molecule has 0 unspecified atom stereocenters. The number of aliphatic hydroxyl groups excluding tert-OH is 1. The third kappa shape index (κ3) is 7.23. The summed E-state index contributed by atoms with van der Waals surface area (Å²) in [4.78, 5) is 4.04. The van der Waals surface area contributed by atoms with Crippen LogP contribution in [-0.4, -0.2) is 41.8 Å². The first-order valence-electron chi connectivity index (χ1n) is 10.6. The first-order chi connectivity index (χ1) is 14.1. The smallest absolute Gasteiger partial charge is 0.0556 e. The zero-order valence-electron chi connectivity index (χ0n) is 17.7. The predicted molar refractivity (Wildman–Crippen MR) is 126 cm³/mol. The van der Waals surface area contributed by atoms with Crippen LogP contribution < -0.4 is 5.32 Å². The van der Waals surface area contributed by atoms with E-state index >= 15 is 0 Å². The van der Waals surface area contributed by atoms with Crippen LogP contribution in [-0.2, 0) is 13.0 Å². The van der Waals surface area contributed by atoms with Gasteiger partial charge in [0.05, 0.1) is 6.61 Å². The van der Waals surface area contributed by atoms with Gasteiger partial charge in [-0.1, -0.05) is 48.5 Å². The van der Waals surface area contributed by atoms with Gasteiger partial charge in [0.15, 0.2) is 0 Å². The molecule has 0 spiro atoms. The molecule has 0 atom stereocenters. The van der Waals surface area contributed by atoms with Crippen molar-refractivity contribution in [2.75, 3.05) is 26.2 Å². The average Bonchev–Trinajstić information content (AvgIpc) is 3.41. The van der Waals surface area contributed by atoms with Crippen molar-refractivity contribution >= 4 is 22.1 Å². The topological polar surface area (TPSA) is 35.5 Å². The highest BCUT2D eigenvalue weighted by Crippen LogP contribution is 2.19. The van der Waals surface area contributed by atoms with E-state index in [-0.39, 0.29) is 12.1 Å². The standard InChI is InChI=1S/C16H21NO.C9H13NS/c1-16(2,17-9-10-18)12-13-7-8-14-5-3-4-6-15(14)11-13;1-2-6-10(5-1)8-9-4-3-7-11-9/h3-8,11,17-18H,9-10,12H2,1-2H3;3-4,7H,1-2,5-6,8H2. The van der Waals surface area contributed by atoms with Crippen molar-refractivity contribution in [3.63, 3.8) is 0 Å². The third-order valence-electron chi connectivity index (χ3n) is 5.33. The van der Waals surface area contributed by atoms with Gasteiger partial charge in [0, 0.05) is 23.5 Å². The second-order valence-electron chi connectivity index (χ2n) is 8.46. The van der Waals surface area contributed by atoms with Crippen LogP contribution in [0.4, 0.5) is 0 Å². The summed E-state index contributed by atoms with van der Waals surface area (Å²) >= 11 is 1.87. The molecule has 0 amide bonds. The number of nitrogens with one attached hydrogen (secondary N) is 1. The number of nitrogens with zero attached hydrogens (tertiary/aromatic N) is 1. The molecule has 4 rings (SSSR count). The third-order valence-corrected chi connectivity index (χ3v) is 6.19. The molecule has 29 heavy (non-hydrogen) atoms. The molecule has 1 aliphatic rings. The minimum absolute atomic E-state index is 0.00515. The largest absolute Gasteiger partial charge is 0.395 e. The van der Waals surface area contributed by atoms with E-state index < -0.39 is 0 Å². The lowest BCUT2D eigenvalue weighted by atomic mass is 9.93. The molecule has 0 saturated carbocycles. The van der Waals surface area contributed by atoms with Crippen LogP contribution in [0.15, 0.2) is 60.0 Å². The van der Waals surface area contributed by atoms with E-state index in [0.717, 1.165) is 6.42 Å². The number of benzene rings is 2. The van der Waals surface area contributed by atoms with Crippen LogP contribution in [0.1, 0.15) is 37.1 Å². The number of aliphatic hydroxyl groups is 1. The molecule has 0 aliphatic carbocycles. The molecule has 1 fully saturated rings. The van der Waals surface area contributed by atoms with E-state index in [1.165, 1.54) is 53.7 Å². The van der Waals surface area contributed by atoms with Crippen LogP contribution in [0, 0.1) is 0 Å². The maximum Gasteiger partial charge on any atom is 0.0556 e. The van der Waals surface area contributed by atoms with Crippen molar-refractivity contribution in [1.82, 2.24) is 10.2 Å². The second kappa shape index (κ2) is 10.9. The highest BCUT2D eigenvalue weighted by molar-refractivity contribution is 7.09. The quantitative estimate of drug-likeness (QED) is 0.570. The van der Waals surface area contributed by atoms with Crippen molar-refractivity contribution in [3.05, 3.63) is 70.4 Å². The van der Waals surface area contributed by atoms with Crippen molar-refractivity contribution < 1.29 is 5.11 Å². The zero-order valence-corrected chi connectivity index (χ0v) is 18.5. The molecule has 1 saturated heterocycles. The summed E-state index contributed by atoms with van der Waals surface area (Å²) in [7, 11) is 0. The summed E-state index contributed by atoms with van der Waals surface area (Å²) in [5.74, 6) is 0. The summed E-state index contributed by atoms with van der Waals surface area (Å²) in [6.45, 7) is 8.94. The summed E-state index contributed by atoms with van der Waals surface area (Å²) in [6, 6.07) is 19.4. The molecule has 4 heteroatoms. The second-order valence-corrected chi connectivity index (χ2v) is 9.49. The van der Waals surface area contributed by atoms with Crippen molar-refractivity contribution in [2.24, 2.45) is 0 Å². The highest BCUT2D eigenvalue weighted by atomic mass is 32.1. The molecule has 3 aromatic rings. The fourth-order valence-corrected chi connectivity index (χ4v) is 4.63. The fourth-order valence-electron chi connectivity index (χ4n) is 3.88. The number of fused-ring (bicyclic) bond motifs is 1. The Morgan fingerprint density at radius 2 is 1.76 bits per heavy atom. The van der Waals surface area contributed by atoms with E-state index in [4.69, 9.17) is 5.11 Å². The molecule has 2 N–H and O–H groups in total. The van der Waals surface area contributed by atoms with Crippen molar-refractivity contribution in [1.29, 1.82) is 0 Å². The minimum atomic E-state index is 0.00515. The van der Waals surface area contributed by atoms with Gasteiger partial charge in [-0.15, -0.1) is 11.3 Å². The van der Waals surface area contributed by atoms with Gasteiger partial charge in [0.2, 0.25) is 0 Å². The first kappa shape index (κ1) is 22.0. The van der Waals surface area contributed by atoms with Gasteiger partial charge in [0.1, 0.15) is 0 Å². The van der Waals surface area contributed by atoms with Gasteiger partial charge < -0.3 is 10.4 Å². The van der Waals surface area contributed by atoms with E-state index in [0.29, 0.717) is 6.54 Å². The van der Waals surface area contributed by atoms with Crippen LogP contribution >= 0.6 is 11.3 Å². The molecular weight excluding hydrogens is 376 g/mol. The van der Waals surface area contributed by atoms with Gasteiger partial charge in [-0.3, -0.25) is 4.90 Å². The molecule has 0 bridgehead atoms. The SMILES string of the molecule is CC(C)(Cc1ccc2ccccc2c1)NCCO.c1csc(CN2CCCC2)c1. The maximum absolute atomic E-state index is 8.87. The van der Waals surface area contributed by atoms with Gasteiger partial charge in [0.25, 0.3) is 0 Å². The lowest BCUT2D eigenvalue weighted by molar-refractivity contribution is 0.265. The Morgan fingerprint density at radius 3 is 2.45 bits per heavy atom. The molecule has 3 nitrogen and oxygen atoms in total. The maximum atomic E-state index is 8.87. The van der Waals surface area contributed by atoms with E-state index in [9.17, 15) is 0 Å². The molecule has 156 valence electrons. The zero-order chi connectivity index (χ0) is 20.5. The van der Waals surface area contributed by atoms with Gasteiger partial charge in [-0.2, -0.15) is 0 Å². The molecular formula is C25H34N2OS. The van der Waals surface area contributed by atoms with Gasteiger partial charge in [-0.25, -0.2) is 0 Å². The summed E-state index contributed by atoms with van der Waals surface area (Å²) < 4.78 is 0. The number of likely N-dealkylation sites (tertiary alicyclic amines) is 1. The van der Waals surface area contributed by atoms with Gasteiger partial charge >= 0.3 is 0 Å². The summed E-state index contributed by atoms with van der Waals surface area (Å²) in [5.41, 5.74) is 1.33. The first-order valence-corrected chi connectivity index (χ1v) is 11.5. The van der Waals surface area contributed by atoms with Crippen molar-refractivity contribution in [2.45, 2.75) is 45.2 Å². The number of thiophene rings is 1. The Balaban J connectivity index is 0.000000186. The van der Waals surface area contributed by atoms with Crippen LogP contribution in [0.5, 0.6) is 0 Å². The Labute approximate surface area is 179 Å². The molecule has 1 aromatic heterocycles. The monoisotopic (exact) mass is 410 g/mol.